The molecule has 0 bridgehead atoms. The van der Waals surface area contributed by atoms with E-state index in [1.807, 2.05) is 0 Å². The Morgan fingerprint density at radius 2 is 2.11 bits per heavy atom. The van der Waals surface area contributed by atoms with E-state index in [1.165, 1.54) is 12.0 Å². The summed E-state index contributed by atoms with van der Waals surface area (Å²) in [5, 5.41) is 2.33. The van der Waals surface area contributed by atoms with Gasteiger partial charge in [0.05, 0.1) is 24.9 Å². The van der Waals surface area contributed by atoms with Crippen molar-refractivity contribution in [1.29, 1.82) is 0 Å². The van der Waals surface area contributed by atoms with Crippen LogP contribution in [0.4, 0.5) is 14.5 Å². The molecule has 1 aromatic heterocycles. The number of methoxy groups -OCH3 is 1. The number of halogens is 2. The van der Waals surface area contributed by atoms with Crippen LogP contribution in [0, 0.1) is 11.6 Å². The number of carbonyl (C=O) groups excluding carboxylic acids is 2. The molecule has 1 unspecified atom stereocenters. The lowest BCUT2D eigenvalue weighted by Gasteiger charge is -2.34. The molecule has 1 N–H and O–H groups in total. The molecule has 0 radical (unpaired) electrons. The predicted molar refractivity (Wildman–Crippen MR) is 94.7 cm³/mol. The summed E-state index contributed by atoms with van der Waals surface area (Å²) in [7, 11) is 1.52. The fraction of sp³-hybridized carbons (Fsp3) is 0.368. The molecule has 1 aliphatic rings. The van der Waals surface area contributed by atoms with Crippen molar-refractivity contribution in [3.05, 3.63) is 53.5 Å². The first-order valence-electron chi connectivity index (χ1n) is 8.69. The van der Waals surface area contributed by atoms with Gasteiger partial charge in [0.25, 0.3) is 5.91 Å². The van der Waals surface area contributed by atoms with Crippen molar-refractivity contribution in [1.82, 2.24) is 4.90 Å². The summed E-state index contributed by atoms with van der Waals surface area (Å²) in [6, 6.07) is 5.42. The Hall–Kier alpha value is -2.78. The number of amides is 2. The van der Waals surface area contributed by atoms with Gasteiger partial charge in [0, 0.05) is 26.1 Å². The van der Waals surface area contributed by atoms with E-state index in [1.54, 1.807) is 12.1 Å². The van der Waals surface area contributed by atoms with Crippen LogP contribution >= 0.6 is 0 Å². The number of ether oxygens (including phenoxy) is 2. The van der Waals surface area contributed by atoms with Crippen molar-refractivity contribution in [3.63, 3.8) is 0 Å². The minimum atomic E-state index is -0.746. The van der Waals surface area contributed by atoms with Gasteiger partial charge in [-0.15, -0.1) is 0 Å². The molecule has 0 aliphatic carbocycles. The van der Waals surface area contributed by atoms with E-state index in [0.717, 1.165) is 18.2 Å². The number of nitrogens with one attached hydrogen (secondary N) is 1. The lowest BCUT2D eigenvalue weighted by atomic mass is 10.1. The maximum absolute atomic E-state index is 13.7. The number of rotatable bonds is 6. The zero-order chi connectivity index (χ0) is 20.1. The van der Waals surface area contributed by atoms with E-state index in [2.05, 4.69) is 5.32 Å². The number of carbonyl (C=O) groups is 2. The number of benzene rings is 1. The second-order valence-corrected chi connectivity index (χ2v) is 6.30. The van der Waals surface area contributed by atoms with E-state index < -0.39 is 23.6 Å². The third kappa shape index (κ3) is 4.73. The largest absolute Gasteiger partial charge is 0.453 e. The average molecular weight is 394 g/mol. The summed E-state index contributed by atoms with van der Waals surface area (Å²) >= 11 is 0. The highest BCUT2D eigenvalue weighted by atomic mass is 19.1. The number of furan rings is 1. The van der Waals surface area contributed by atoms with Crippen LogP contribution in [0.25, 0.3) is 0 Å². The van der Waals surface area contributed by atoms with Gasteiger partial charge in [0.1, 0.15) is 24.0 Å². The number of nitrogens with zero attached hydrogens (tertiary/aromatic N) is 1. The minimum Gasteiger partial charge on any atom is -0.453 e. The van der Waals surface area contributed by atoms with Crippen LogP contribution in [0.2, 0.25) is 0 Å². The van der Waals surface area contributed by atoms with Crippen LogP contribution < -0.4 is 5.32 Å². The summed E-state index contributed by atoms with van der Waals surface area (Å²) in [6.07, 6.45) is -0.132. The normalized spacial score (nSPS) is 16.8. The Morgan fingerprint density at radius 3 is 2.89 bits per heavy atom. The SMILES string of the molecule is COCc1ccc(C(=O)N2CCOCC2CC(=O)Nc2cc(F)ccc2F)o1. The molecule has 0 spiro atoms. The molecule has 7 nitrogen and oxygen atoms in total. The van der Waals surface area contributed by atoms with Crippen LogP contribution in [-0.2, 0) is 20.9 Å². The zero-order valence-corrected chi connectivity index (χ0v) is 15.2. The fourth-order valence-electron chi connectivity index (χ4n) is 2.95. The molecule has 2 heterocycles. The van der Waals surface area contributed by atoms with Crippen molar-refractivity contribution in [2.24, 2.45) is 0 Å². The standard InChI is InChI=1S/C19H20F2N2O5/c1-26-11-14-3-5-17(28-14)19(25)23-6-7-27-10-13(23)9-18(24)22-16-8-12(20)2-4-15(16)21/h2-5,8,13H,6-7,9-11H2,1H3,(H,22,24). The van der Waals surface area contributed by atoms with E-state index in [4.69, 9.17) is 13.9 Å². The first kappa shape index (κ1) is 20.0. The number of hydrogen-bond acceptors (Lipinski definition) is 5. The third-order valence-corrected chi connectivity index (χ3v) is 4.27. The Morgan fingerprint density at radius 1 is 1.29 bits per heavy atom. The summed E-state index contributed by atoms with van der Waals surface area (Å²) in [6.45, 7) is 0.997. The molecule has 1 fully saturated rings. The van der Waals surface area contributed by atoms with Crippen LogP contribution in [-0.4, -0.2) is 49.6 Å². The number of anilines is 1. The summed E-state index contributed by atoms with van der Waals surface area (Å²) in [4.78, 5) is 26.6. The van der Waals surface area contributed by atoms with Gasteiger partial charge < -0.3 is 24.1 Å². The predicted octanol–water partition coefficient (Wildman–Crippen LogP) is 2.57. The van der Waals surface area contributed by atoms with Gasteiger partial charge in [0.15, 0.2) is 5.76 Å². The molecule has 2 amide bonds. The Bertz CT molecular complexity index is 855. The van der Waals surface area contributed by atoms with Gasteiger partial charge in [0.2, 0.25) is 5.91 Å². The monoisotopic (exact) mass is 394 g/mol. The first-order valence-corrected chi connectivity index (χ1v) is 8.69. The highest BCUT2D eigenvalue weighted by Crippen LogP contribution is 2.20. The fourth-order valence-corrected chi connectivity index (χ4v) is 2.95. The Kier molecular flexibility index (Phi) is 6.37. The van der Waals surface area contributed by atoms with Crippen molar-refractivity contribution in [3.8, 4) is 0 Å². The molecule has 2 aromatic rings. The molecule has 0 saturated carbocycles. The molecule has 28 heavy (non-hydrogen) atoms. The van der Waals surface area contributed by atoms with Crippen LogP contribution in [0.5, 0.6) is 0 Å². The topological polar surface area (TPSA) is 81.0 Å². The van der Waals surface area contributed by atoms with Crippen LogP contribution in [0.1, 0.15) is 22.7 Å². The van der Waals surface area contributed by atoms with Crippen molar-refractivity contribution in [2.75, 3.05) is 32.2 Å². The van der Waals surface area contributed by atoms with Gasteiger partial charge in [-0.1, -0.05) is 0 Å². The number of hydrogen-bond donors (Lipinski definition) is 1. The van der Waals surface area contributed by atoms with Crippen molar-refractivity contribution >= 4 is 17.5 Å². The zero-order valence-electron chi connectivity index (χ0n) is 15.2. The van der Waals surface area contributed by atoms with Gasteiger partial charge in [-0.05, 0) is 24.3 Å². The van der Waals surface area contributed by atoms with E-state index >= 15 is 0 Å². The Labute approximate surface area is 160 Å². The maximum atomic E-state index is 13.7. The van der Waals surface area contributed by atoms with Crippen LogP contribution in [0.3, 0.4) is 0 Å². The van der Waals surface area contributed by atoms with Gasteiger partial charge >= 0.3 is 0 Å². The number of morpholine rings is 1. The first-order chi connectivity index (χ1) is 13.5. The van der Waals surface area contributed by atoms with E-state index in [-0.39, 0.29) is 43.5 Å². The molecule has 150 valence electrons. The second-order valence-electron chi connectivity index (χ2n) is 6.30. The second kappa shape index (κ2) is 8.94. The van der Waals surface area contributed by atoms with Gasteiger partial charge in [-0.25, -0.2) is 8.78 Å². The third-order valence-electron chi connectivity index (χ3n) is 4.27. The summed E-state index contributed by atoms with van der Waals surface area (Å²) < 4.78 is 42.8. The highest BCUT2D eigenvalue weighted by molar-refractivity contribution is 5.94. The minimum absolute atomic E-state index is 0.132. The lowest BCUT2D eigenvalue weighted by Crippen LogP contribution is -2.50. The van der Waals surface area contributed by atoms with E-state index in [0.29, 0.717) is 12.4 Å². The van der Waals surface area contributed by atoms with Crippen molar-refractivity contribution < 1.29 is 32.3 Å². The summed E-state index contributed by atoms with van der Waals surface area (Å²) in [5.41, 5.74) is -0.255. The molecular weight excluding hydrogens is 374 g/mol. The molecule has 3 rings (SSSR count). The highest BCUT2D eigenvalue weighted by Gasteiger charge is 2.31. The average Bonchev–Trinajstić information content (AvgIpc) is 3.13. The molecule has 9 heteroatoms. The molecule has 1 aromatic carbocycles. The van der Waals surface area contributed by atoms with E-state index in [9.17, 15) is 18.4 Å². The quantitative estimate of drug-likeness (QED) is 0.815. The molecular formula is C19H20F2N2O5. The van der Waals surface area contributed by atoms with Gasteiger partial charge in [-0.3, -0.25) is 9.59 Å². The Balaban J connectivity index is 1.67. The van der Waals surface area contributed by atoms with Crippen LogP contribution in [0.15, 0.2) is 34.7 Å². The molecule has 1 aliphatic heterocycles. The summed E-state index contributed by atoms with van der Waals surface area (Å²) in [5.74, 6) is -1.70. The smallest absolute Gasteiger partial charge is 0.289 e. The lowest BCUT2D eigenvalue weighted by molar-refractivity contribution is -0.118. The maximum Gasteiger partial charge on any atom is 0.289 e. The molecule has 1 atom stereocenters. The molecule has 1 saturated heterocycles. The van der Waals surface area contributed by atoms with Crippen molar-refractivity contribution in [2.45, 2.75) is 19.1 Å². The van der Waals surface area contributed by atoms with Gasteiger partial charge in [-0.2, -0.15) is 0 Å².